The summed E-state index contributed by atoms with van der Waals surface area (Å²) >= 11 is 0. The zero-order valence-corrected chi connectivity index (χ0v) is 10.9. The molecule has 0 bridgehead atoms. The molecule has 0 aliphatic carbocycles. The summed E-state index contributed by atoms with van der Waals surface area (Å²) in [5.74, 6) is 3.24. The van der Waals surface area contributed by atoms with E-state index in [0.717, 1.165) is 11.3 Å². The summed E-state index contributed by atoms with van der Waals surface area (Å²) in [6.07, 6.45) is 5.18. The van der Waals surface area contributed by atoms with Gasteiger partial charge in [-0.3, -0.25) is 0 Å². The van der Waals surface area contributed by atoms with Crippen molar-refractivity contribution in [2.24, 2.45) is 5.41 Å². The molecule has 0 fully saturated rings. The standard InChI is InChI=1S/C15H18N2O/c1-4-9-18-14-8-6-5-7-13(14)10-17-12-15(2,3)11-16/h1,5-8,17H,9-10,12H2,2-3H3. The van der Waals surface area contributed by atoms with E-state index in [0.29, 0.717) is 13.1 Å². The quantitative estimate of drug-likeness (QED) is 0.779. The molecule has 0 aliphatic rings. The third-order valence-electron chi connectivity index (χ3n) is 2.47. The van der Waals surface area contributed by atoms with Crippen molar-refractivity contribution >= 4 is 0 Å². The molecule has 1 aromatic rings. The van der Waals surface area contributed by atoms with Gasteiger partial charge < -0.3 is 10.1 Å². The van der Waals surface area contributed by atoms with Crippen molar-refractivity contribution in [1.82, 2.24) is 5.32 Å². The fourth-order valence-corrected chi connectivity index (χ4v) is 1.46. The van der Waals surface area contributed by atoms with E-state index in [9.17, 15) is 0 Å². The molecule has 1 N–H and O–H groups in total. The first-order valence-corrected chi connectivity index (χ1v) is 5.85. The Morgan fingerprint density at radius 3 is 2.78 bits per heavy atom. The maximum atomic E-state index is 8.93. The lowest BCUT2D eigenvalue weighted by Crippen LogP contribution is -2.27. The van der Waals surface area contributed by atoms with Gasteiger partial charge in [0.15, 0.2) is 0 Å². The van der Waals surface area contributed by atoms with E-state index in [1.165, 1.54) is 0 Å². The van der Waals surface area contributed by atoms with Gasteiger partial charge in [0.1, 0.15) is 12.4 Å². The Morgan fingerprint density at radius 1 is 1.39 bits per heavy atom. The van der Waals surface area contributed by atoms with Gasteiger partial charge in [-0.15, -0.1) is 6.42 Å². The van der Waals surface area contributed by atoms with Crippen molar-refractivity contribution in [2.75, 3.05) is 13.2 Å². The lowest BCUT2D eigenvalue weighted by molar-refractivity contribution is 0.362. The van der Waals surface area contributed by atoms with E-state index >= 15 is 0 Å². The largest absolute Gasteiger partial charge is 0.481 e. The molecule has 0 aliphatic heterocycles. The first kappa shape index (κ1) is 14.1. The molecular weight excluding hydrogens is 224 g/mol. The molecule has 0 saturated heterocycles. The van der Waals surface area contributed by atoms with Crippen LogP contribution in [0.3, 0.4) is 0 Å². The minimum atomic E-state index is -0.366. The number of nitrogens with zero attached hydrogens (tertiary/aromatic N) is 1. The molecule has 0 saturated carbocycles. The van der Waals surface area contributed by atoms with Gasteiger partial charge in [-0.25, -0.2) is 0 Å². The second-order valence-electron chi connectivity index (χ2n) is 4.70. The third kappa shape index (κ3) is 4.49. The smallest absolute Gasteiger partial charge is 0.148 e. The molecule has 94 valence electrons. The summed E-state index contributed by atoms with van der Waals surface area (Å²) in [7, 11) is 0. The normalized spacial score (nSPS) is 10.4. The van der Waals surface area contributed by atoms with Crippen LogP contribution in [0.1, 0.15) is 19.4 Å². The number of ether oxygens (including phenoxy) is 1. The van der Waals surface area contributed by atoms with E-state index in [1.807, 2.05) is 38.1 Å². The monoisotopic (exact) mass is 242 g/mol. The lowest BCUT2D eigenvalue weighted by atomic mass is 9.96. The molecular formula is C15H18N2O. The fraction of sp³-hybridized carbons (Fsp3) is 0.400. The Morgan fingerprint density at radius 2 is 2.11 bits per heavy atom. The van der Waals surface area contributed by atoms with Gasteiger partial charge in [0.2, 0.25) is 0 Å². The highest BCUT2D eigenvalue weighted by Gasteiger charge is 2.15. The summed E-state index contributed by atoms with van der Waals surface area (Å²) in [6.45, 7) is 5.36. The predicted octanol–water partition coefficient (Wildman–Crippen LogP) is 2.34. The molecule has 3 nitrogen and oxygen atoms in total. The summed E-state index contributed by atoms with van der Waals surface area (Å²) in [5, 5.41) is 12.2. The summed E-state index contributed by atoms with van der Waals surface area (Å²) in [5.41, 5.74) is 0.677. The lowest BCUT2D eigenvalue weighted by Gasteiger charge is -2.16. The average Bonchev–Trinajstić information content (AvgIpc) is 2.37. The Hall–Kier alpha value is -1.97. The number of hydrogen-bond acceptors (Lipinski definition) is 3. The topological polar surface area (TPSA) is 45.0 Å². The zero-order valence-electron chi connectivity index (χ0n) is 10.9. The number of nitriles is 1. The number of para-hydroxylation sites is 1. The molecule has 0 unspecified atom stereocenters. The van der Waals surface area contributed by atoms with Crippen LogP contribution in [-0.4, -0.2) is 13.2 Å². The van der Waals surface area contributed by atoms with Crippen LogP contribution in [0.4, 0.5) is 0 Å². The molecule has 0 spiro atoms. The highest BCUT2D eigenvalue weighted by atomic mass is 16.5. The molecule has 0 atom stereocenters. The number of benzene rings is 1. The van der Waals surface area contributed by atoms with E-state index in [1.54, 1.807) is 0 Å². The second-order valence-corrected chi connectivity index (χ2v) is 4.70. The van der Waals surface area contributed by atoms with Crippen LogP contribution in [0, 0.1) is 29.1 Å². The number of terminal acetylenes is 1. The van der Waals surface area contributed by atoms with Crippen LogP contribution in [0.15, 0.2) is 24.3 Å². The van der Waals surface area contributed by atoms with E-state index in [4.69, 9.17) is 16.4 Å². The number of nitrogens with one attached hydrogen (secondary N) is 1. The van der Waals surface area contributed by atoms with Crippen LogP contribution in [0.2, 0.25) is 0 Å². The second kappa shape index (κ2) is 6.69. The Balaban J connectivity index is 2.57. The van der Waals surface area contributed by atoms with Crippen molar-refractivity contribution in [3.63, 3.8) is 0 Å². The van der Waals surface area contributed by atoms with Crippen molar-refractivity contribution in [3.8, 4) is 24.2 Å². The zero-order chi connectivity index (χ0) is 13.4. The number of hydrogen-bond donors (Lipinski definition) is 1. The minimum Gasteiger partial charge on any atom is -0.481 e. The Kier molecular flexibility index (Phi) is 5.24. The van der Waals surface area contributed by atoms with Gasteiger partial charge in [-0.05, 0) is 19.9 Å². The summed E-state index contributed by atoms with van der Waals surface area (Å²) < 4.78 is 5.45. The molecule has 3 heteroatoms. The highest BCUT2D eigenvalue weighted by Crippen LogP contribution is 2.18. The highest BCUT2D eigenvalue weighted by molar-refractivity contribution is 5.33. The predicted molar refractivity (Wildman–Crippen MR) is 71.9 cm³/mol. The maximum absolute atomic E-state index is 8.93. The SMILES string of the molecule is C#CCOc1ccccc1CNCC(C)(C)C#N. The minimum absolute atomic E-state index is 0.265. The van der Waals surface area contributed by atoms with Crippen molar-refractivity contribution in [2.45, 2.75) is 20.4 Å². The van der Waals surface area contributed by atoms with Gasteiger partial charge >= 0.3 is 0 Å². The third-order valence-corrected chi connectivity index (χ3v) is 2.47. The Labute approximate surface area is 109 Å². The van der Waals surface area contributed by atoms with E-state index in [-0.39, 0.29) is 12.0 Å². The molecule has 1 rings (SSSR count). The van der Waals surface area contributed by atoms with Crippen LogP contribution in [0.25, 0.3) is 0 Å². The van der Waals surface area contributed by atoms with Crippen LogP contribution in [0.5, 0.6) is 5.75 Å². The van der Waals surface area contributed by atoms with Gasteiger partial charge in [0.05, 0.1) is 11.5 Å². The van der Waals surface area contributed by atoms with Gasteiger partial charge in [0.25, 0.3) is 0 Å². The summed E-state index contributed by atoms with van der Waals surface area (Å²) in [4.78, 5) is 0. The molecule has 0 radical (unpaired) electrons. The van der Waals surface area contributed by atoms with Crippen LogP contribution < -0.4 is 10.1 Å². The molecule has 0 aromatic heterocycles. The fourth-order valence-electron chi connectivity index (χ4n) is 1.46. The average molecular weight is 242 g/mol. The van der Waals surface area contributed by atoms with Crippen molar-refractivity contribution in [1.29, 1.82) is 5.26 Å². The van der Waals surface area contributed by atoms with Gasteiger partial charge in [-0.2, -0.15) is 5.26 Å². The van der Waals surface area contributed by atoms with Crippen molar-refractivity contribution in [3.05, 3.63) is 29.8 Å². The van der Waals surface area contributed by atoms with E-state index < -0.39 is 0 Å². The maximum Gasteiger partial charge on any atom is 0.148 e. The number of rotatable bonds is 6. The molecule has 1 aromatic carbocycles. The first-order chi connectivity index (χ1) is 8.59. The van der Waals surface area contributed by atoms with Crippen LogP contribution >= 0.6 is 0 Å². The Bertz CT molecular complexity index is 466. The van der Waals surface area contributed by atoms with Gasteiger partial charge in [-0.1, -0.05) is 24.1 Å². The molecule has 18 heavy (non-hydrogen) atoms. The van der Waals surface area contributed by atoms with Gasteiger partial charge in [0, 0.05) is 18.7 Å². The van der Waals surface area contributed by atoms with E-state index in [2.05, 4.69) is 17.3 Å². The van der Waals surface area contributed by atoms with Crippen LogP contribution in [-0.2, 0) is 6.54 Å². The molecule has 0 amide bonds. The first-order valence-electron chi connectivity index (χ1n) is 5.85. The van der Waals surface area contributed by atoms with Crippen molar-refractivity contribution < 1.29 is 4.74 Å². The summed E-state index contributed by atoms with van der Waals surface area (Å²) in [6, 6.07) is 10.00. The molecule has 0 heterocycles.